The first-order chi connectivity index (χ1) is 9.37. The zero-order valence-electron chi connectivity index (χ0n) is 11.7. The van der Waals surface area contributed by atoms with Gasteiger partial charge in [-0.1, -0.05) is 23.7 Å². The van der Waals surface area contributed by atoms with Crippen molar-refractivity contribution < 1.29 is 13.2 Å². The molecule has 1 fully saturated rings. The molecule has 0 unspecified atom stereocenters. The molecule has 0 amide bonds. The van der Waals surface area contributed by atoms with Gasteiger partial charge in [-0.05, 0) is 24.1 Å². The third-order valence-electron chi connectivity index (χ3n) is 3.58. The molecular weight excluding hydrogens is 324 g/mol. The number of nitrogens with zero attached hydrogens (tertiary/aromatic N) is 1. The number of aryl methyl sites for hydroxylation is 1. The molecule has 7 heteroatoms. The normalized spacial score (nSPS) is 18.1. The van der Waals surface area contributed by atoms with Gasteiger partial charge < -0.3 is 5.32 Å². The highest BCUT2D eigenvalue weighted by molar-refractivity contribution is 6.31. The summed E-state index contributed by atoms with van der Waals surface area (Å²) in [4.78, 5) is 1.90. The van der Waals surface area contributed by atoms with E-state index in [-0.39, 0.29) is 12.4 Å². The third-order valence-corrected chi connectivity index (χ3v) is 4.01. The van der Waals surface area contributed by atoms with E-state index < -0.39 is 18.6 Å². The van der Waals surface area contributed by atoms with Gasteiger partial charge in [0.1, 0.15) is 0 Å². The van der Waals surface area contributed by atoms with Crippen LogP contribution >= 0.6 is 24.0 Å². The van der Waals surface area contributed by atoms with Crippen molar-refractivity contribution in [1.82, 2.24) is 10.2 Å². The Balaban J connectivity index is 0.00000220. The molecule has 1 aliphatic rings. The Morgan fingerprint density at radius 2 is 1.90 bits per heavy atom. The Morgan fingerprint density at radius 3 is 2.43 bits per heavy atom. The molecule has 0 radical (unpaired) electrons. The monoisotopic (exact) mass is 342 g/mol. The molecule has 1 saturated heterocycles. The van der Waals surface area contributed by atoms with Gasteiger partial charge in [-0.15, -0.1) is 12.4 Å². The lowest BCUT2D eigenvalue weighted by molar-refractivity contribution is -0.148. The maximum Gasteiger partial charge on any atom is 0.390 e. The van der Waals surface area contributed by atoms with Crippen LogP contribution in [0.3, 0.4) is 0 Å². The second-order valence-electron chi connectivity index (χ2n) is 5.13. The number of nitrogens with one attached hydrogen (secondary N) is 1. The third kappa shape index (κ3) is 5.33. The first kappa shape index (κ1) is 18.6. The van der Waals surface area contributed by atoms with E-state index in [1.807, 2.05) is 11.8 Å². The largest absolute Gasteiger partial charge is 0.390 e. The predicted molar refractivity (Wildman–Crippen MR) is 81.3 cm³/mol. The predicted octanol–water partition coefficient (Wildman–Crippen LogP) is 3.97. The molecule has 1 aliphatic heterocycles. The first-order valence-corrected chi connectivity index (χ1v) is 7.02. The summed E-state index contributed by atoms with van der Waals surface area (Å²) in [6, 6.07) is 4.51. The molecule has 0 spiro atoms. The van der Waals surface area contributed by atoms with E-state index in [0.29, 0.717) is 23.7 Å². The molecule has 0 bridgehead atoms. The van der Waals surface area contributed by atoms with Crippen LogP contribution in [0, 0.1) is 6.92 Å². The number of piperazine rings is 1. The van der Waals surface area contributed by atoms with Crippen molar-refractivity contribution in [2.24, 2.45) is 0 Å². The topological polar surface area (TPSA) is 15.3 Å². The summed E-state index contributed by atoms with van der Waals surface area (Å²) in [5, 5.41) is 3.74. The zero-order chi connectivity index (χ0) is 14.8. The minimum absolute atomic E-state index is 0. The van der Waals surface area contributed by atoms with Crippen molar-refractivity contribution in [3.05, 3.63) is 34.3 Å². The van der Waals surface area contributed by atoms with Crippen molar-refractivity contribution in [1.29, 1.82) is 0 Å². The molecule has 2 nitrogen and oxygen atoms in total. The number of rotatable bonds is 3. The Bertz CT molecular complexity index is 460. The first-order valence-electron chi connectivity index (χ1n) is 6.64. The zero-order valence-corrected chi connectivity index (χ0v) is 13.3. The Morgan fingerprint density at radius 1 is 1.29 bits per heavy atom. The second kappa shape index (κ2) is 7.68. The highest BCUT2D eigenvalue weighted by Crippen LogP contribution is 2.35. The fraction of sp³-hybridized carbons (Fsp3) is 0.571. The molecule has 1 atom stereocenters. The van der Waals surface area contributed by atoms with E-state index in [4.69, 9.17) is 11.6 Å². The number of alkyl halides is 3. The fourth-order valence-corrected chi connectivity index (χ4v) is 2.66. The van der Waals surface area contributed by atoms with E-state index in [1.165, 1.54) is 0 Å². The van der Waals surface area contributed by atoms with Gasteiger partial charge in [0, 0.05) is 37.2 Å². The van der Waals surface area contributed by atoms with Crippen LogP contribution in [-0.4, -0.2) is 37.3 Å². The van der Waals surface area contributed by atoms with Gasteiger partial charge >= 0.3 is 6.18 Å². The molecule has 2 rings (SSSR count). The highest BCUT2D eigenvalue weighted by atomic mass is 35.5. The van der Waals surface area contributed by atoms with E-state index in [0.717, 1.165) is 18.7 Å². The van der Waals surface area contributed by atoms with E-state index in [9.17, 15) is 13.2 Å². The van der Waals surface area contributed by atoms with Gasteiger partial charge in [0.15, 0.2) is 0 Å². The van der Waals surface area contributed by atoms with Crippen LogP contribution in [0.2, 0.25) is 5.02 Å². The molecule has 1 aromatic carbocycles. The Hall–Kier alpha value is -0.490. The average molecular weight is 343 g/mol. The van der Waals surface area contributed by atoms with Crippen molar-refractivity contribution in [2.45, 2.75) is 25.6 Å². The summed E-state index contributed by atoms with van der Waals surface area (Å²) >= 11 is 5.96. The maximum absolute atomic E-state index is 12.9. The number of hydrogen-bond acceptors (Lipinski definition) is 2. The summed E-state index contributed by atoms with van der Waals surface area (Å²) in [5.74, 6) is 0. The van der Waals surface area contributed by atoms with Crippen molar-refractivity contribution in [3.63, 3.8) is 0 Å². The summed E-state index contributed by atoms with van der Waals surface area (Å²) in [6.07, 6.45) is -5.00. The summed E-state index contributed by atoms with van der Waals surface area (Å²) in [5.41, 5.74) is 1.50. The quantitative estimate of drug-likeness (QED) is 0.894. The molecule has 120 valence electrons. The Kier molecular flexibility index (Phi) is 6.78. The van der Waals surface area contributed by atoms with E-state index in [2.05, 4.69) is 5.32 Å². The van der Waals surface area contributed by atoms with Crippen LogP contribution in [0.25, 0.3) is 0 Å². The molecule has 21 heavy (non-hydrogen) atoms. The van der Waals surface area contributed by atoms with Crippen LogP contribution < -0.4 is 5.32 Å². The van der Waals surface area contributed by atoms with Crippen LogP contribution in [0.4, 0.5) is 13.2 Å². The molecule has 1 heterocycles. The molecule has 0 saturated carbocycles. The lowest BCUT2D eigenvalue weighted by atomic mass is 9.99. The van der Waals surface area contributed by atoms with Crippen LogP contribution in [0.5, 0.6) is 0 Å². The summed E-state index contributed by atoms with van der Waals surface area (Å²) in [6.45, 7) is 4.51. The van der Waals surface area contributed by atoms with Crippen LogP contribution in [-0.2, 0) is 0 Å². The van der Waals surface area contributed by atoms with Gasteiger partial charge in [0.05, 0.1) is 6.42 Å². The standard InChI is InChI=1S/C14H18ClF3N2.ClH/c1-10-8-11(2-3-12(10)15)13(9-14(16,17)18)20-6-4-19-5-7-20;/h2-3,8,13,19H,4-7,9H2,1H3;1H/t13-;/m0./s1. The van der Waals surface area contributed by atoms with Crippen LogP contribution in [0.1, 0.15) is 23.6 Å². The van der Waals surface area contributed by atoms with Crippen molar-refractivity contribution in [3.8, 4) is 0 Å². The van der Waals surface area contributed by atoms with E-state index >= 15 is 0 Å². The molecule has 1 aromatic rings. The highest BCUT2D eigenvalue weighted by Gasteiger charge is 2.36. The summed E-state index contributed by atoms with van der Waals surface area (Å²) < 4.78 is 38.6. The SMILES string of the molecule is Cc1cc([C@H](CC(F)(F)F)N2CCNCC2)ccc1Cl.Cl. The molecule has 1 N–H and O–H groups in total. The van der Waals surface area contributed by atoms with Crippen LogP contribution in [0.15, 0.2) is 18.2 Å². The van der Waals surface area contributed by atoms with Gasteiger partial charge in [0.2, 0.25) is 0 Å². The van der Waals surface area contributed by atoms with Gasteiger partial charge in [-0.25, -0.2) is 0 Å². The maximum atomic E-state index is 12.9. The smallest absolute Gasteiger partial charge is 0.314 e. The minimum atomic E-state index is -4.18. The lowest BCUT2D eigenvalue weighted by Crippen LogP contribution is -2.46. The molecule has 0 aromatic heterocycles. The van der Waals surface area contributed by atoms with Gasteiger partial charge in [-0.3, -0.25) is 4.90 Å². The van der Waals surface area contributed by atoms with Crippen molar-refractivity contribution in [2.75, 3.05) is 26.2 Å². The van der Waals surface area contributed by atoms with Crippen molar-refractivity contribution >= 4 is 24.0 Å². The van der Waals surface area contributed by atoms with Gasteiger partial charge in [-0.2, -0.15) is 13.2 Å². The average Bonchev–Trinajstić information content (AvgIpc) is 2.39. The molecule has 0 aliphatic carbocycles. The van der Waals surface area contributed by atoms with E-state index in [1.54, 1.807) is 18.2 Å². The lowest BCUT2D eigenvalue weighted by Gasteiger charge is -2.35. The number of benzene rings is 1. The fourth-order valence-electron chi connectivity index (χ4n) is 2.55. The Labute approximate surface area is 134 Å². The minimum Gasteiger partial charge on any atom is -0.314 e. The van der Waals surface area contributed by atoms with Gasteiger partial charge in [0.25, 0.3) is 0 Å². The molecular formula is C14H19Cl2F3N2. The second-order valence-corrected chi connectivity index (χ2v) is 5.54. The number of halogens is 5. The number of hydrogen-bond donors (Lipinski definition) is 1. The summed E-state index contributed by atoms with van der Waals surface area (Å²) in [7, 11) is 0.